The van der Waals surface area contributed by atoms with Crippen LogP contribution in [0.25, 0.3) is 11.0 Å². The lowest BCUT2D eigenvalue weighted by Crippen LogP contribution is -2.45. The van der Waals surface area contributed by atoms with Crippen LogP contribution in [-0.4, -0.2) is 44.5 Å². The zero-order chi connectivity index (χ0) is 16.7. The first-order valence-corrected chi connectivity index (χ1v) is 7.59. The summed E-state index contributed by atoms with van der Waals surface area (Å²) < 4.78 is 1.46. The van der Waals surface area contributed by atoms with Crippen LogP contribution in [0.5, 0.6) is 0 Å². The first kappa shape index (κ1) is 15.3. The Morgan fingerprint density at radius 1 is 1.35 bits per heavy atom. The zero-order valence-corrected chi connectivity index (χ0v) is 13.1. The standard InChI is InChI=1S/C16H19N3O4/c1-9-8-19(6-5-11(9)15(21)22)14(20)10-3-4-12-13(7-10)18(2)16(23)17-12/h3-4,7,9,11H,5-6,8H2,1-2H3,(H,17,23)(H,21,22). The van der Waals surface area contributed by atoms with Crippen molar-refractivity contribution in [1.82, 2.24) is 14.5 Å². The highest BCUT2D eigenvalue weighted by molar-refractivity contribution is 5.97. The molecule has 2 aromatic rings. The number of hydrogen-bond donors (Lipinski definition) is 2. The number of aromatic amines is 1. The Labute approximate surface area is 132 Å². The molecule has 7 heteroatoms. The van der Waals surface area contributed by atoms with E-state index in [4.69, 9.17) is 5.11 Å². The van der Waals surface area contributed by atoms with E-state index in [0.29, 0.717) is 36.1 Å². The number of nitrogens with one attached hydrogen (secondary N) is 1. The number of carbonyl (C=O) groups is 2. The van der Waals surface area contributed by atoms with E-state index in [-0.39, 0.29) is 17.5 Å². The lowest BCUT2D eigenvalue weighted by atomic mass is 9.87. The third-order valence-corrected chi connectivity index (χ3v) is 4.66. The molecule has 1 aromatic carbocycles. The van der Waals surface area contributed by atoms with Gasteiger partial charge in [-0.2, -0.15) is 0 Å². The van der Waals surface area contributed by atoms with Crippen molar-refractivity contribution in [3.63, 3.8) is 0 Å². The Morgan fingerprint density at radius 3 is 2.74 bits per heavy atom. The third kappa shape index (κ3) is 2.62. The summed E-state index contributed by atoms with van der Waals surface area (Å²) in [5, 5.41) is 9.16. The summed E-state index contributed by atoms with van der Waals surface area (Å²) in [4.78, 5) is 39.8. The summed E-state index contributed by atoms with van der Waals surface area (Å²) in [6.45, 7) is 2.72. The second-order valence-corrected chi connectivity index (χ2v) is 6.18. The normalized spacial score (nSPS) is 21.6. The van der Waals surface area contributed by atoms with Gasteiger partial charge in [-0.15, -0.1) is 0 Å². The molecule has 1 aliphatic heterocycles. The molecule has 23 heavy (non-hydrogen) atoms. The van der Waals surface area contributed by atoms with E-state index in [9.17, 15) is 14.4 Å². The molecule has 122 valence electrons. The van der Waals surface area contributed by atoms with Crippen LogP contribution < -0.4 is 5.69 Å². The molecule has 2 heterocycles. The fourth-order valence-corrected chi connectivity index (χ4v) is 3.24. The number of benzene rings is 1. The number of carboxylic acid groups (broad SMARTS) is 1. The minimum atomic E-state index is -0.798. The number of rotatable bonds is 2. The van der Waals surface area contributed by atoms with Crippen LogP contribution in [0, 0.1) is 11.8 Å². The minimum absolute atomic E-state index is 0.0782. The molecule has 1 saturated heterocycles. The average molecular weight is 317 g/mol. The first-order valence-electron chi connectivity index (χ1n) is 7.59. The molecule has 1 aliphatic rings. The number of aliphatic carboxylic acids is 1. The van der Waals surface area contributed by atoms with Crippen molar-refractivity contribution < 1.29 is 14.7 Å². The molecule has 0 radical (unpaired) electrons. The van der Waals surface area contributed by atoms with Crippen molar-refractivity contribution >= 4 is 22.9 Å². The van der Waals surface area contributed by atoms with Crippen LogP contribution in [0.4, 0.5) is 0 Å². The molecule has 2 N–H and O–H groups in total. The zero-order valence-electron chi connectivity index (χ0n) is 13.1. The predicted octanol–water partition coefficient (Wildman–Crippen LogP) is 1.05. The molecule has 2 unspecified atom stereocenters. The van der Waals surface area contributed by atoms with Gasteiger partial charge in [0.15, 0.2) is 0 Å². The number of carbonyl (C=O) groups excluding carboxylic acids is 1. The number of H-pyrrole nitrogens is 1. The SMILES string of the molecule is CC1CN(C(=O)c2ccc3[nH]c(=O)n(C)c3c2)CCC1C(=O)O. The summed E-state index contributed by atoms with van der Waals surface area (Å²) in [7, 11) is 1.65. The molecule has 1 aromatic heterocycles. The molecule has 0 spiro atoms. The van der Waals surface area contributed by atoms with Crippen molar-refractivity contribution in [3.8, 4) is 0 Å². The van der Waals surface area contributed by atoms with Gasteiger partial charge in [-0.3, -0.25) is 14.2 Å². The number of likely N-dealkylation sites (tertiary alicyclic amines) is 1. The van der Waals surface area contributed by atoms with E-state index in [1.165, 1.54) is 4.57 Å². The van der Waals surface area contributed by atoms with Gasteiger partial charge >= 0.3 is 11.7 Å². The summed E-state index contributed by atoms with van der Waals surface area (Å²) in [5.41, 5.74) is 1.65. The Hall–Kier alpha value is -2.57. The summed E-state index contributed by atoms with van der Waals surface area (Å²) in [6.07, 6.45) is 0.465. The third-order valence-electron chi connectivity index (χ3n) is 4.66. The minimum Gasteiger partial charge on any atom is -0.481 e. The number of nitrogens with zero attached hydrogens (tertiary/aromatic N) is 2. The number of imidazole rings is 1. The van der Waals surface area contributed by atoms with Gasteiger partial charge in [-0.05, 0) is 30.5 Å². The molecule has 1 amide bonds. The van der Waals surface area contributed by atoms with E-state index < -0.39 is 11.9 Å². The van der Waals surface area contributed by atoms with Crippen molar-refractivity contribution in [2.24, 2.45) is 18.9 Å². The quantitative estimate of drug-likeness (QED) is 0.865. The van der Waals surface area contributed by atoms with Gasteiger partial charge in [-0.25, -0.2) is 4.79 Å². The summed E-state index contributed by atoms with van der Waals surface area (Å²) >= 11 is 0. The lowest BCUT2D eigenvalue weighted by Gasteiger charge is -2.35. The molecular formula is C16H19N3O4. The molecule has 2 atom stereocenters. The Bertz CT molecular complexity index is 835. The largest absolute Gasteiger partial charge is 0.481 e. The van der Waals surface area contributed by atoms with Crippen molar-refractivity contribution in [2.45, 2.75) is 13.3 Å². The smallest absolute Gasteiger partial charge is 0.326 e. The van der Waals surface area contributed by atoms with Crippen LogP contribution in [0.3, 0.4) is 0 Å². The second-order valence-electron chi connectivity index (χ2n) is 6.18. The van der Waals surface area contributed by atoms with Gasteiger partial charge in [-0.1, -0.05) is 6.92 Å². The highest BCUT2D eigenvalue weighted by atomic mass is 16.4. The molecule has 0 bridgehead atoms. The van der Waals surface area contributed by atoms with Gasteiger partial charge in [0.25, 0.3) is 5.91 Å². The number of aromatic nitrogens is 2. The average Bonchev–Trinajstić information content (AvgIpc) is 2.80. The monoisotopic (exact) mass is 317 g/mol. The van der Waals surface area contributed by atoms with Gasteiger partial charge in [0.05, 0.1) is 17.0 Å². The van der Waals surface area contributed by atoms with Crippen LogP contribution in [0.15, 0.2) is 23.0 Å². The number of amides is 1. The Kier molecular flexibility index (Phi) is 3.71. The highest BCUT2D eigenvalue weighted by Gasteiger charge is 2.33. The summed E-state index contributed by atoms with van der Waals surface area (Å²) in [5.74, 6) is -1.40. The second kappa shape index (κ2) is 5.57. The first-order chi connectivity index (χ1) is 10.9. The number of fused-ring (bicyclic) bond motifs is 1. The Morgan fingerprint density at radius 2 is 2.09 bits per heavy atom. The number of aryl methyl sites for hydroxylation is 1. The van der Waals surface area contributed by atoms with Crippen LogP contribution in [-0.2, 0) is 11.8 Å². The molecular weight excluding hydrogens is 298 g/mol. The fourth-order valence-electron chi connectivity index (χ4n) is 3.24. The van der Waals surface area contributed by atoms with Crippen LogP contribution >= 0.6 is 0 Å². The molecule has 3 rings (SSSR count). The van der Waals surface area contributed by atoms with Crippen LogP contribution in [0.1, 0.15) is 23.7 Å². The molecule has 0 aliphatic carbocycles. The van der Waals surface area contributed by atoms with Gasteiger partial charge in [0.2, 0.25) is 0 Å². The topological polar surface area (TPSA) is 95.4 Å². The van der Waals surface area contributed by atoms with E-state index in [1.807, 2.05) is 6.92 Å². The summed E-state index contributed by atoms with van der Waals surface area (Å²) in [6, 6.07) is 5.11. The Balaban J connectivity index is 1.85. The number of carboxylic acids is 1. The van der Waals surface area contributed by atoms with Crippen LogP contribution in [0.2, 0.25) is 0 Å². The van der Waals surface area contributed by atoms with Gasteiger partial charge < -0.3 is 15.0 Å². The maximum absolute atomic E-state index is 12.7. The van der Waals surface area contributed by atoms with Crippen molar-refractivity contribution in [1.29, 1.82) is 0 Å². The van der Waals surface area contributed by atoms with E-state index in [1.54, 1.807) is 30.1 Å². The molecule has 1 fully saturated rings. The van der Waals surface area contributed by atoms with Crippen molar-refractivity contribution in [2.75, 3.05) is 13.1 Å². The maximum Gasteiger partial charge on any atom is 0.326 e. The predicted molar refractivity (Wildman–Crippen MR) is 84.4 cm³/mol. The molecule has 7 nitrogen and oxygen atoms in total. The van der Waals surface area contributed by atoms with Gasteiger partial charge in [0, 0.05) is 25.7 Å². The highest BCUT2D eigenvalue weighted by Crippen LogP contribution is 2.25. The van der Waals surface area contributed by atoms with E-state index in [0.717, 1.165) is 0 Å². The van der Waals surface area contributed by atoms with E-state index >= 15 is 0 Å². The number of hydrogen-bond acceptors (Lipinski definition) is 3. The molecule has 0 saturated carbocycles. The fraction of sp³-hybridized carbons (Fsp3) is 0.438. The number of piperidine rings is 1. The lowest BCUT2D eigenvalue weighted by molar-refractivity contribution is -0.145. The van der Waals surface area contributed by atoms with E-state index in [2.05, 4.69) is 4.98 Å². The van der Waals surface area contributed by atoms with Crippen molar-refractivity contribution in [3.05, 3.63) is 34.2 Å². The van der Waals surface area contributed by atoms with Gasteiger partial charge in [0.1, 0.15) is 0 Å². The maximum atomic E-state index is 12.7.